The van der Waals surface area contributed by atoms with Gasteiger partial charge >= 0.3 is 0 Å². The summed E-state index contributed by atoms with van der Waals surface area (Å²) in [5.41, 5.74) is 5.90. The molecule has 1 aliphatic rings. The van der Waals surface area contributed by atoms with Gasteiger partial charge in [-0.2, -0.15) is 0 Å². The van der Waals surface area contributed by atoms with Crippen LogP contribution in [0.4, 0.5) is 5.82 Å². The zero-order valence-electron chi connectivity index (χ0n) is 9.06. The molecule has 0 bridgehead atoms. The predicted molar refractivity (Wildman–Crippen MR) is 62.5 cm³/mol. The molecule has 0 radical (unpaired) electrons. The maximum atomic E-state index is 5.90. The molecule has 3 atom stereocenters. The second kappa shape index (κ2) is 4.95. The SMILES string of the molecule is CCOC1CC(N)C1Nc1ccc(Cl)nn1. The summed E-state index contributed by atoms with van der Waals surface area (Å²) in [7, 11) is 0. The Kier molecular flexibility index (Phi) is 3.58. The van der Waals surface area contributed by atoms with Gasteiger partial charge < -0.3 is 15.8 Å². The highest BCUT2D eigenvalue weighted by Crippen LogP contribution is 2.25. The van der Waals surface area contributed by atoms with Crippen molar-refractivity contribution in [2.45, 2.75) is 31.5 Å². The highest BCUT2D eigenvalue weighted by atomic mass is 35.5. The summed E-state index contributed by atoms with van der Waals surface area (Å²) < 4.78 is 5.54. The molecule has 0 amide bonds. The Morgan fingerprint density at radius 1 is 1.56 bits per heavy atom. The molecule has 3 unspecified atom stereocenters. The quantitative estimate of drug-likeness (QED) is 0.826. The summed E-state index contributed by atoms with van der Waals surface area (Å²) in [4.78, 5) is 0. The molecule has 1 heterocycles. The molecule has 0 aromatic carbocycles. The molecule has 88 valence electrons. The van der Waals surface area contributed by atoms with Crippen LogP contribution in [-0.2, 0) is 4.74 Å². The van der Waals surface area contributed by atoms with Crippen LogP contribution in [0.25, 0.3) is 0 Å². The number of nitrogens with zero attached hydrogens (tertiary/aromatic N) is 2. The number of nitrogens with one attached hydrogen (secondary N) is 1. The van der Waals surface area contributed by atoms with E-state index in [1.165, 1.54) is 0 Å². The molecule has 0 spiro atoms. The standard InChI is InChI=1S/C10H15ClN4O/c1-2-16-7-5-6(12)10(7)13-9-4-3-8(11)14-15-9/h3-4,6-7,10H,2,5,12H2,1H3,(H,13,15). The minimum absolute atomic E-state index is 0.106. The number of rotatable bonds is 4. The molecule has 1 aromatic rings. The van der Waals surface area contributed by atoms with Gasteiger partial charge in [0.15, 0.2) is 5.15 Å². The van der Waals surface area contributed by atoms with Crippen LogP contribution in [-0.4, -0.2) is 35.0 Å². The third-order valence-corrected chi connectivity index (χ3v) is 2.90. The highest BCUT2D eigenvalue weighted by molar-refractivity contribution is 6.29. The van der Waals surface area contributed by atoms with Crippen molar-refractivity contribution in [3.8, 4) is 0 Å². The minimum atomic E-state index is 0.106. The Labute approximate surface area is 99.3 Å². The van der Waals surface area contributed by atoms with Gasteiger partial charge in [0.05, 0.1) is 12.1 Å². The van der Waals surface area contributed by atoms with Gasteiger partial charge in [-0.1, -0.05) is 11.6 Å². The van der Waals surface area contributed by atoms with Crippen LogP contribution in [0, 0.1) is 0 Å². The Morgan fingerprint density at radius 2 is 2.38 bits per heavy atom. The van der Waals surface area contributed by atoms with Gasteiger partial charge in [0.1, 0.15) is 5.82 Å². The summed E-state index contributed by atoms with van der Waals surface area (Å²) in [5.74, 6) is 0.675. The maximum absolute atomic E-state index is 5.90. The second-order valence-corrected chi connectivity index (χ2v) is 4.19. The van der Waals surface area contributed by atoms with Gasteiger partial charge in [0.2, 0.25) is 0 Å². The largest absolute Gasteiger partial charge is 0.376 e. The summed E-state index contributed by atoms with van der Waals surface area (Å²) in [6.45, 7) is 2.67. The number of nitrogens with two attached hydrogens (primary N) is 1. The van der Waals surface area contributed by atoms with Crippen LogP contribution in [0.5, 0.6) is 0 Å². The first kappa shape index (κ1) is 11.6. The van der Waals surface area contributed by atoms with Crippen molar-refractivity contribution in [1.29, 1.82) is 0 Å². The zero-order chi connectivity index (χ0) is 11.5. The first-order valence-corrected chi connectivity index (χ1v) is 5.71. The van der Waals surface area contributed by atoms with Crippen LogP contribution in [0.2, 0.25) is 5.15 Å². The van der Waals surface area contributed by atoms with E-state index in [0.717, 1.165) is 6.42 Å². The third kappa shape index (κ3) is 2.42. The van der Waals surface area contributed by atoms with E-state index in [1.54, 1.807) is 12.1 Å². The molecule has 3 N–H and O–H groups in total. The van der Waals surface area contributed by atoms with Crippen molar-refractivity contribution in [2.24, 2.45) is 5.73 Å². The number of aromatic nitrogens is 2. The Balaban J connectivity index is 1.95. The van der Waals surface area contributed by atoms with Gasteiger partial charge in [-0.25, -0.2) is 0 Å². The first-order valence-electron chi connectivity index (χ1n) is 5.33. The maximum Gasteiger partial charge on any atom is 0.151 e. The molecule has 0 aliphatic heterocycles. The van der Waals surface area contributed by atoms with Crippen LogP contribution < -0.4 is 11.1 Å². The third-order valence-electron chi connectivity index (χ3n) is 2.69. The van der Waals surface area contributed by atoms with Crippen molar-refractivity contribution in [3.05, 3.63) is 17.3 Å². The molecule has 1 aromatic heterocycles. The van der Waals surface area contributed by atoms with Gasteiger partial charge in [-0.15, -0.1) is 10.2 Å². The first-order chi connectivity index (χ1) is 7.70. The average molecular weight is 243 g/mol. The molecule has 16 heavy (non-hydrogen) atoms. The van der Waals surface area contributed by atoms with E-state index >= 15 is 0 Å². The van der Waals surface area contributed by atoms with Crippen LogP contribution in [0.3, 0.4) is 0 Å². The van der Waals surface area contributed by atoms with E-state index in [1.807, 2.05) is 6.92 Å². The molecule has 0 saturated heterocycles. The molecular weight excluding hydrogens is 228 g/mol. The van der Waals surface area contributed by atoms with E-state index in [0.29, 0.717) is 17.6 Å². The van der Waals surface area contributed by atoms with E-state index < -0.39 is 0 Å². The lowest BCUT2D eigenvalue weighted by Crippen LogP contribution is -2.60. The number of hydrogen-bond acceptors (Lipinski definition) is 5. The van der Waals surface area contributed by atoms with Crippen LogP contribution >= 0.6 is 11.6 Å². The molecule has 6 heteroatoms. The monoisotopic (exact) mass is 242 g/mol. The van der Waals surface area contributed by atoms with Crippen molar-refractivity contribution in [2.75, 3.05) is 11.9 Å². The van der Waals surface area contributed by atoms with Crippen LogP contribution in [0.1, 0.15) is 13.3 Å². The fourth-order valence-corrected chi connectivity index (χ4v) is 1.89. The van der Waals surface area contributed by atoms with Gasteiger partial charge in [-0.3, -0.25) is 0 Å². The van der Waals surface area contributed by atoms with Crippen molar-refractivity contribution >= 4 is 17.4 Å². The summed E-state index contributed by atoms with van der Waals surface area (Å²) in [6.07, 6.45) is 1.05. The Morgan fingerprint density at radius 3 is 2.94 bits per heavy atom. The fraction of sp³-hybridized carbons (Fsp3) is 0.600. The number of halogens is 1. The topological polar surface area (TPSA) is 73.1 Å². The van der Waals surface area contributed by atoms with Gasteiger partial charge in [0.25, 0.3) is 0 Å². The fourth-order valence-electron chi connectivity index (χ4n) is 1.79. The summed E-state index contributed by atoms with van der Waals surface area (Å²) in [5, 5.41) is 11.3. The van der Waals surface area contributed by atoms with Crippen molar-refractivity contribution in [1.82, 2.24) is 10.2 Å². The van der Waals surface area contributed by atoms with Crippen molar-refractivity contribution < 1.29 is 4.74 Å². The highest BCUT2D eigenvalue weighted by Gasteiger charge is 2.39. The van der Waals surface area contributed by atoms with Gasteiger partial charge in [0, 0.05) is 12.6 Å². The van der Waals surface area contributed by atoms with Gasteiger partial charge in [-0.05, 0) is 25.5 Å². The normalized spacial score (nSPS) is 28.6. The second-order valence-electron chi connectivity index (χ2n) is 3.80. The smallest absolute Gasteiger partial charge is 0.151 e. The zero-order valence-corrected chi connectivity index (χ0v) is 9.81. The Hall–Kier alpha value is -0.910. The molecule has 5 nitrogen and oxygen atoms in total. The van der Waals surface area contributed by atoms with E-state index in [4.69, 9.17) is 22.1 Å². The molecule has 1 aliphatic carbocycles. The number of anilines is 1. The Bertz CT molecular complexity index is 343. The lowest BCUT2D eigenvalue weighted by molar-refractivity contribution is -0.0127. The average Bonchev–Trinajstić information content (AvgIpc) is 2.28. The summed E-state index contributed by atoms with van der Waals surface area (Å²) in [6, 6.07) is 3.68. The predicted octanol–water partition coefficient (Wildman–Crippen LogP) is 1.05. The lowest BCUT2D eigenvalue weighted by atomic mass is 9.83. The van der Waals surface area contributed by atoms with Crippen molar-refractivity contribution in [3.63, 3.8) is 0 Å². The van der Waals surface area contributed by atoms with Crippen LogP contribution in [0.15, 0.2) is 12.1 Å². The van der Waals surface area contributed by atoms with E-state index in [-0.39, 0.29) is 18.2 Å². The molecule has 1 fully saturated rings. The van der Waals surface area contributed by atoms with E-state index in [2.05, 4.69) is 15.5 Å². The minimum Gasteiger partial charge on any atom is -0.376 e. The molecule has 2 rings (SSSR count). The lowest BCUT2D eigenvalue weighted by Gasteiger charge is -2.42. The number of ether oxygens (including phenoxy) is 1. The molecule has 1 saturated carbocycles. The molecular formula is C10H15ClN4O. The number of hydrogen-bond donors (Lipinski definition) is 2. The summed E-state index contributed by atoms with van der Waals surface area (Å²) >= 11 is 5.65. The van der Waals surface area contributed by atoms with E-state index in [9.17, 15) is 0 Å².